The number of anilines is 1. The number of para-hydroxylation sites is 1. The Balaban J connectivity index is 2.51. The van der Waals surface area contributed by atoms with E-state index in [0.29, 0.717) is 18.9 Å². The summed E-state index contributed by atoms with van der Waals surface area (Å²) in [5.41, 5.74) is 7.67. The molecule has 1 unspecified atom stereocenters. The molecule has 0 bridgehead atoms. The summed E-state index contributed by atoms with van der Waals surface area (Å²) >= 11 is 0. The lowest BCUT2D eigenvalue weighted by Crippen LogP contribution is -2.34. The third-order valence-electron chi connectivity index (χ3n) is 3.31. The van der Waals surface area contributed by atoms with Crippen molar-refractivity contribution in [2.24, 2.45) is 0 Å². The van der Waals surface area contributed by atoms with Gasteiger partial charge in [0.2, 0.25) is 5.91 Å². The molecule has 0 saturated heterocycles. The highest BCUT2D eigenvalue weighted by atomic mass is 16.2. The van der Waals surface area contributed by atoms with E-state index in [9.17, 15) is 4.79 Å². The highest BCUT2D eigenvalue weighted by Gasteiger charge is 2.14. The van der Waals surface area contributed by atoms with Crippen LogP contribution in [0.4, 0.5) is 5.69 Å². The van der Waals surface area contributed by atoms with E-state index in [4.69, 9.17) is 5.73 Å². The zero-order chi connectivity index (χ0) is 12.8. The fraction of sp³-hybridized carbons (Fsp3) is 0.500. The molecule has 1 aromatic rings. The molecule has 0 aliphatic rings. The van der Waals surface area contributed by atoms with Crippen LogP contribution in [0.25, 0.3) is 0 Å². The fourth-order valence-electron chi connectivity index (χ4n) is 1.70. The van der Waals surface area contributed by atoms with Crippen molar-refractivity contribution in [3.05, 3.63) is 29.8 Å². The topological polar surface area (TPSA) is 46.3 Å². The molecule has 0 spiro atoms. The normalized spacial score (nSPS) is 12.2. The number of nitrogens with zero attached hydrogens (tertiary/aromatic N) is 1. The molecule has 0 aromatic heterocycles. The van der Waals surface area contributed by atoms with Gasteiger partial charge in [-0.1, -0.05) is 25.1 Å². The number of aryl methyl sites for hydroxylation is 1. The van der Waals surface area contributed by atoms with Gasteiger partial charge in [0.15, 0.2) is 0 Å². The Kier molecular flexibility index (Phi) is 5.01. The predicted molar refractivity (Wildman–Crippen MR) is 71.7 cm³/mol. The number of hydrogen-bond donors (Lipinski definition) is 1. The van der Waals surface area contributed by atoms with Gasteiger partial charge >= 0.3 is 0 Å². The second-order valence-electron chi connectivity index (χ2n) is 4.46. The number of carbonyl (C=O) groups excluding carboxylic acids is 1. The first-order chi connectivity index (χ1) is 8.06. The lowest BCUT2D eigenvalue weighted by Gasteiger charge is -2.23. The summed E-state index contributed by atoms with van der Waals surface area (Å²) < 4.78 is 0. The van der Waals surface area contributed by atoms with E-state index in [1.54, 1.807) is 0 Å². The molecule has 94 valence electrons. The van der Waals surface area contributed by atoms with Crippen LogP contribution in [0.3, 0.4) is 0 Å². The van der Waals surface area contributed by atoms with Crippen molar-refractivity contribution in [3.8, 4) is 0 Å². The van der Waals surface area contributed by atoms with Crippen LogP contribution >= 0.6 is 0 Å². The minimum Gasteiger partial charge on any atom is -0.399 e. The van der Waals surface area contributed by atoms with Gasteiger partial charge in [-0.2, -0.15) is 0 Å². The van der Waals surface area contributed by atoms with E-state index in [1.165, 1.54) is 0 Å². The van der Waals surface area contributed by atoms with Gasteiger partial charge in [-0.3, -0.25) is 4.79 Å². The quantitative estimate of drug-likeness (QED) is 0.795. The lowest BCUT2D eigenvalue weighted by molar-refractivity contribution is -0.131. The van der Waals surface area contributed by atoms with Gasteiger partial charge < -0.3 is 10.6 Å². The molecule has 0 saturated carbocycles. The van der Waals surface area contributed by atoms with Crippen LogP contribution in [0.5, 0.6) is 0 Å². The highest BCUT2D eigenvalue weighted by Crippen LogP contribution is 2.13. The lowest BCUT2D eigenvalue weighted by atomic mass is 10.1. The number of benzene rings is 1. The van der Waals surface area contributed by atoms with Gasteiger partial charge in [0.1, 0.15) is 0 Å². The molecule has 1 rings (SSSR count). The summed E-state index contributed by atoms with van der Waals surface area (Å²) in [4.78, 5) is 13.7. The third kappa shape index (κ3) is 3.77. The molecular formula is C14H22N2O. The first kappa shape index (κ1) is 13.6. The van der Waals surface area contributed by atoms with Gasteiger partial charge in [0, 0.05) is 25.2 Å². The van der Waals surface area contributed by atoms with E-state index in [2.05, 4.69) is 13.8 Å². The summed E-state index contributed by atoms with van der Waals surface area (Å²) in [6.07, 6.45) is 2.22. The molecule has 0 aliphatic carbocycles. The summed E-state index contributed by atoms with van der Waals surface area (Å²) in [7, 11) is 1.87. The molecule has 0 aliphatic heterocycles. The Hall–Kier alpha value is -1.51. The Morgan fingerprint density at radius 1 is 1.41 bits per heavy atom. The molecule has 0 fully saturated rings. The third-order valence-corrected chi connectivity index (χ3v) is 3.31. The van der Waals surface area contributed by atoms with Crippen LogP contribution in [-0.2, 0) is 11.2 Å². The van der Waals surface area contributed by atoms with Crippen molar-refractivity contribution < 1.29 is 4.79 Å². The maximum absolute atomic E-state index is 11.9. The monoisotopic (exact) mass is 234 g/mol. The average Bonchev–Trinajstić information content (AvgIpc) is 2.35. The molecule has 0 radical (unpaired) electrons. The van der Waals surface area contributed by atoms with Crippen LogP contribution in [0.1, 0.15) is 32.3 Å². The van der Waals surface area contributed by atoms with Gasteiger partial charge in [-0.05, 0) is 31.4 Å². The molecule has 17 heavy (non-hydrogen) atoms. The zero-order valence-electron chi connectivity index (χ0n) is 10.9. The molecule has 2 N–H and O–H groups in total. The van der Waals surface area contributed by atoms with Crippen molar-refractivity contribution in [2.75, 3.05) is 12.8 Å². The minimum absolute atomic E-state index is 0.183. The van der Waals surface area contributed by atoms with Crippen LogP contribution in [0, 0.1) is 0 Å². The fourth-order valence-corrected chi connectivity index (χ4v) is 1.70. The second kappa shape index (κ2) is 6.28. The molecule has 1 aromatic carbocycles. The zero-order valence-corrected chi connectivity index (χ0v) is 10.9. The Bertz CT molecular complexity index is 376. The Morgan fingerprint density at radius 3 is 2.65 bits per heavy atom. The van der Waals surface area contributed by atoms with E-state index in [0.717, 1.165) is 17.7 Å². The second-order valence-corrected chi connectivity index (χ2v) is 4.46. The number of nitrogens with two attached hydrogens (primary N) is 1. The summed E-state index contributed by atoms with van der Waals surface area (Å²) in [6.45, 7) is 4.15. The van der Waals surface area contributed by atoms with Crippen LogP contribution < -0.4 is 5.73 Å². The van der Waals surface area contributed by atoms with E-state index in [1.807, 2.05) is 36.2 Å². The van der Waals surface area contributed by atoms with Crippen LogP contribution in [0.2, 0.25) is 0 Å². The minimum atomic E-state index is 0.183. The van der Waals surface area contributed by atoms with Gasteiger partial charge in [-0.15, -0.1) is 0 Å². The first-order valence-corrected chi connectivity index (χ1v) is 6.15. The van der Waals surface area contributed by atoms with Crippen molar-refractivity contribution in [2.45, 2.75) is 39.2 Å². The molecule has 1 amide bonds. The number of nitrogen functional groups attached to an aromatic ring is 1. The largest absolute Gasteiger partial charge is 0.399 e. The molecule has 3 nitrogen and oxygen atoms in total. The number of rotatable bonds is 5. The Labute approximate surface area is 104 Å². The van der Waals surface area contributed by atoms with Crippen molar-refractivity contribution in [1.82, 2.24) is 4.90 Å². The van der Waals surface area contributed by atoms with Crippen molar-refractivity contribution in [3.63, 3.8) is 0 Å². The number of carbonyl (C=O) groups is 1. The van der Waals surface area contributed by atoms with Gasteiger partial charge in [0.05, 0.1) is 0 Å². The summed E-state index contributed by atoms with van der Waals surface area (Å²) in [5.74, 6) is 0.183. The van der Waals surface area contributed by atoms with E-state index >= 15 is 0 Å². The summed E-state index contributed by atoms with van der Waals surface area (Å²) in [6, 6.07) is 8.01. The van der Waals surface area contributed by atoms with E-state index < -0.39 is 0 Å². The molecule has 1 atom stereocenters. The first-order valence-electron chi connectivity index (χ1n) is 6.15. The molecule has 0 heterocycles. The van der Waals surface area contributed by atoms with Gasteiger partial charge in [0.25, 0.3) is 0 Å². The van der Waals surface area contributed by atoms with Crippen LogP contribution in [0.15, 0.2) is 24.3 Å². The van der Waals surface area contributed by atoms with Gasteiger partial charge in [-0.25, -0.2) is 0 Å². The molecular weight excluding hydrogens is 212 g/mol. The maximum atomic E-state index is 11.9. The predicted octanol–water partition coefficient (Wildman–Crippen LogP) is 2.46. The SMILES string of the molecule is CCC(C)N(C)C(=O)CCc1ccccc1N. The average molecular weight is 234 g/mol. The Morgan fingerprint density at radius 2 is 2.06 bits per heavy atom. The van der Waals surface area contributed by atoms with E-state index in [-0.39, 0.29) is 5.91 Å². The molecule has 3 heteroatoms. The van der Waals surface area contributed by atoms with Crippen LogP contribution in [-0.4, -0.2) is 23.9 Å². The summed E-state index contributed by atoms with van der Waals surface area (Å²) in [5, 5.41) is 0. The maximum Gasteiger partial charge on any atom is 0.222 e. The number of hydrogen-bond acceptors (Lipinski definition) is 2. The number of amides is 1. The smallest absolute Gasteiger partial charge is 0.222 e. The highest BCUT2D eigenvalue weighted by molar-refractivity contribution is 5.76. The van der Waals surface area contributed by atoms with Crippen molar-refractivity contribution >= 4 is 11.6 Å². The van der Waals surface area contributed by atoms with Crippen molar-refractivity contribution in [1.29, 1.82) is 0 Å². The standard InChI is InChI=1S/C14H22N2O/c1-4-11(2)16(3)14(17)10-9-12-7-5-6-8-13(12)15/h5-8,11H,4,9-10,15H2,1-3H3.